The molecule has 116 valence electrons. The van der Waals surface area contributed by atoms with Crippen LogP contribution in [0.1, 0.15) is 47.6 Å². The summed E-state index contributed by atoms with van der Waals surface area (Å²) in [6.45, 7) is 6.82. The first-order valence-electron chi connectivity index (χ1n) is 7.92. The average molecular weight is 292 g/mol. The van der Waals surface area contributed by atoms with Crippen LogP contribution in [-0.2, 0) is 6.54 Å². The zero-order chi connectivity index (χ0) is 14.8. The fourth-order valence-electron chi connectivity index (χ4n) is 3.61. The quantitative estimate of drug-likeness (QED) is 0.923. The van der Waals surface area contributed by atoms with Crippen LogP contribution in [0.15, 0.2) is 10.5 Å². The Balaban J connectivity index is 1.53. The van der Waals surface area contributed by atoms with E-state index in [2.05, 4.69) is 9.80 Å². The van der Waals surface area contributed by atoms with Gasteiger partial charge in [-0.3, -0.25) is 9.80 Å². The maximum absolute atomic E-state index is 11.0. The van der Waals surface area contributed by atoms with Gasteiger partial charge in [0.1, 0.15) is 5.76 Å². The highest BCUT2D eigenvalue weighted by Gasteiger charge is 2.26. The molecule has 1 aliphatic carbocycles. The zero-order valence-corrected chi connectivity index (χ0v) is 12.7. The van der Waals surface area contributed by atoms with Crippen LogP contribution in [0, 0.1) is 6.92 Å². The molecule has 5 nitrogen and oxygen atoms in total. The van der Waals surface area contributed by atoms with Crippen LogP contribution in [0.5, 0.6) is 0 Å². The third-order valence-electron chi connectivity index (χ3n) is 4.79. The Hall–Kier alpha value is -1.33. The number of carbonyl (C=O) groups is 1. The Labute approximate surface area is 125 Å². The van der Waals surface area contributed by atoms with Crippen molar-refractivity contribution in [3.63, 3.8) is 0 Å². The molecule has 0 amide bonds. The van der Waals surface area contributed by atoms with Crippen molar-refractivity contribution < 1.29 is 14.3 Å². The lowest BCUT2D eigenvalue weighted by Crippen LogP contribution is -2.49. The number of aromatic carboxylic acids is 1. The van der Waals surface area contributed by atoms with E-state index in [1.807, 2.05) is 6.07 Å². The summed E-state index contributed by atoms with van der Waals surface area (Å²) in [6, 6.07) is 2.66. The summed E-state index contributed by atoms with van der Waals surface area (Å²) >= 11 is 0. The van der Waals surface area contributed by atoms with Gasteiger partial charge in [0, 0.05) is 37.8 Å². The van der Waals surface area contributed by atoms with E-state index in [1.165, 1.54) is 25.7 Å². The average Bonchev–Trinajstić information content (AvgIpc) is 3.09. The van der Waals surface area contributed by atoms with Gasteiger partial charge < -0.3 is 9.52 Å². The standard InChI is InChI=1S/C16H24N2O3/c1-12-10-14(21-15(12)16(19)20)11-17-6-8-18(9-7-17)13-4-2-3-5-13/h10,13H,2-9,11H2,1H3,(H,19,20). The lowest BCUT2D eigenvalue weighted by molar-refractivity contribution is 0.0650. The summed E-state index contributed by atoms with van der Waals surface area (Å²) < 4.78 is 5.45. The summed E-state index contributed by atoms with van der Waals surface area (Å²) in [7, 11) is 0. The fourth-order valence-corrected chi connectivity index (χ4v) is 3.61. The van der Waals surface area contributed by atoms with Crippen LogP contribution >= 0.6 is 0 Å². The normalized spacial score (nSPS) is 22.0. The van der Waals surface area contributed by atoms with Crippen molar-refractivity contribution in [2.24, 2.45) is 0 Å². The number of rotatable bonds is 4. The van der Waals surface area contributed by atoms with E-state index in [-0.39, 0.29) is 5.76 Å². The maximum atomic E-state index is 11.0. The van der Waals surface area contributed by atoms with Gasteiger partial charge in [-0.05, 0) is 25.8 Å². The van der Waals surface area contributed by atoms with E-state index >= 15 is 0 Å². The third-order valence-corrected chi connectivity index (χ3v) is 4.79. The highest BCUT2D eigenvalue weighted by Crippen LogP contribution is 2.25. The van der Waals surface area contributed by atoms with Crippen LogP contribution in [0.25, 0.3) is 0 Å². The monoisotopic (exact) mass is 292 g/mol. The minimum absolute atomic E-state index is 0.0783. The topological polar surface area (TPSA) is 56.9 Å². The maximum Gasteiger partial charge on any atom is 0.372 e. The van der Waals surface area contributed by atoms with Crippen LogP contribution in [-0.4, -0.2) is 53.1 Å². The molecule has 0 atom stereocenters. The molecule has 0 unspecified atom stereocenters. The highest BCUT2D eigenvalue weighted by molar-refractivity contribution is 5.86. The predicted octanol–water partition coefficient (Wildman–Crippen LogP) is 2.35. The molecule has 0 aromatic carbocycles. The van der Waals surface area contributed by atoms with Crippen LogP contribution in [0.2, 0.25) is 0 Å². The number of aryl methyl sites for hydroxylation is 1. The molecular weight excluding hydrogens is 268 g/mol. The second-order valence-electron chi connectivity index (χ2n) is 6.28. The molecule has 2 fully saturated rings. The van der Waals surface area contributed by atoms with Gasteiger partial charge in [-0.1, -0.05) is 12.8 Å². The molecule has 2 heterocycles. The van der Waals surface area contributed by atoms with Crippen molar-refractivity contribution in [1.29, 1.82) is 0 Å². The number of carboxylic acid groups (broad SMARTS) is 1. The summed E-state index contributed by atoms with van der Waals surface area (Å²) in [5.41, 5.74) is 0.710. The Morgan fingerprint density at radius 3 is 2.52 bits per heavy atom. The molecule has 0 bridgehead atoms. The molecule has 1 aromatic heterocycles. The van der Waals surface area contributed by atoms with E-state index in [0.29, 0.717) is 12.1 Å². The first-order valence-corrected chi connectivity index (χ1v) is 7.92. The molecule has 1 aromatic rings. The molecule has 0 radical (unpaired) electrons. The second kappa shape index (κ2) is 6.20. The van der Waals surface area contributed by atoms with Gasteiger partial charge in [-0.25, -0.2) is 4.79 Å². The molecule has 2 aliphatic rings. The van der Waals surface area contributed by atoms with Gasteiger partial charge in [0.05, 0.1) is 6.54 Å². The van der Waals surface area contributed by atoms with Crippen molar-refractivity contribution in [3.05, 3.63) is 23.2 Å². The van der Waals surface area contributed by atoms with Crippen LogP contribution in [0.4, 0.5) is 0 Å². The van der Waals surface area contributed by atoms with Gasteiger partial charge in [0.15, 0.2) is 0 Å². The first kappa shape index (κ1) is 14.6. The van der Waals surface area contributed by atoms with E-state index in [4.69, 9.17) is 9.52 Å². The molecule has 1 saturated carbocycles. The molecule has 1 aliphatic heterocycles. The zero-order valence-electron chi connectivity index (χ0n) is 12.7. The third kappa shape index (κ3) is 3.30. The Kier molecular flexibility index (Phi) is 4.31. The lowest BCUT2D eigenvalue weighted by atomic mass is 10.2. The van der Waals surface area contributed by atoms with Gasteiger partial charge in [0.25, 0.3) is 0 Å². The van der Waals surface area contributed by atoms with Crippen molar-refractivity contribution in [1.82, 2.24) is 9.80 Å². The minimum atomic E-state index is -0.982. The molecule has 0 spiro atoms. The van der Waals surface area contributed by atoms with E-state index in [1.54, 1.807) is 6.92 Å². The number of nitrogens with zero attached hydrogens (tertiary/aromatic N) is 2. The predicted molar refractivity (Wildman–Crippen MR) is 79.5 cm³/mol. The van der Waals surface area contributed by atoms with Crippen molar-refractivity contribution in [2.45, 2.75) is 45.2 Å². The van der Waals surface area contributed by atoms with Gasteiger partial charge in [-0.15, -0.1) is 0 Å². The minimum Gasteiger partial charge on any atom is -0.475 e. The van der Waals surface area contributed by atoms with E-state index < -0.39 is 5.97 Å². The summed E-state index contributed by atoms with van der Waals surface area (Å²) in [5, 5.41) is 9.03. The molecule has 21 heavy (non-hydrogen) atoms. The van der Waals surface area contributed by atoms with Crippen molar-refractivity contribution >= 4 is 5.97 Å². The number of hydrogen-bond acceptors (Lipinski definition) is 4. The summed E-state index contributed by atoms with van der Waals surface area (Å²) in [4.78, 5) is 16.0. The fraction of sp³-hybridized carbons (Fsp3) is 0.688. The highest BCUT2D eigenvalue weighted by atomic mass is 16.4. The lowest BCUT2D eigenvalue weighted by Gasteiger charge is -2.37. The van der Waals surface area contributed by atoms with Gasteiger partial charge in [0.2, 0.25) is 5.76 Å². The first-order chi connectivity index (χ1) is 10.1. The van der Waals surface area contributed by atoms with Crippen LogP contribution < -0.4 is 0 Å². The number of carboxylic acids is 1. The van der Waals surface area contributed by atoms with Crippen molar-refractivity contribution in [2.75, 3.05) is 26.2 Å². The second-order valence-corrected chi connectivity index (χ2v) is 6.28. The van der Waals surface area contributed by atoms with Crippen LogP contribution in [0.3, 0.4) is 0 Å². The van der Waals surface area contributed by atoms with E-state index in [0.717, 1.165) is 38.0 Å². The molecule has 5 heteroatoms. The van der Waals surface area contributed by atoms with Crippen molar-refractivity contribution in [3.8, 4) is 0 Å². The molecule has 1 saturated heterocycles. The SMILES string of the molecule is Cc1cc(CN2CCN(C3CCCC3)CC2)oc1C(=O)O. The summed E-state index contributed by atoms with van der Waals surface area (Å²) in [5.74, 6) is -0.140. The Bertz CT molecular complexity index is 498. The van der Waals surface area contributed by atoms with E-state index in [9.17, 15) is 4.79 Å². The smallest absolute Gasteiger partial charge is 0.372 e. The molecule has 3 rings (SSSR count). The van der Waals surface area contributed by atoms with Gasteiger partial charge in [-0.2, -0.15) is 0 Å². The Morgan fingerprint density at radius 1 is 1.29 bits per heavy atom. The van der Waals surface area contributed by atoms with Gasteiger partial charge >= 0.3 is 5.97 Å². The number of piperazine rings is 1. The molecular formula is C16H24N2O3. The number of hydrogen-bond donors (Lipinski definition) is 1. The largest absolute Gasteiger partial charge is 0.475 e. The molecule has 1 N–H and O–H groups in total. The number of furan rings is 1. The summed E-state index contributed by atoms with van der Waals surface area (Å²) in [6.07, 6.45) is 5.49. The Morgan fingerprint density at radius 2 is 1.95 bits per heavy atom.